The minimum Gasteiger partial charge on any atom is -0.496 e. The summed E-state index contributed by atoms with van der Waals surface area (Å²) in [7, 11) is 3.73. The maximum Gasteiger partial charge on any atom is 0.325 e. The van der Waals surface area contributed by atoms with Gasteiger partial charge in [-0.3, -0.25) is 14.6 Å². The highest BCUT2D eigenvalue weighted by atomic mass is 35.5. The van der Waals surface area contributed by atoms with Gasteiger partial charge >= 0.3 is 5.97 Å². The lowest BCUT2D eigenvalue weighted by molar-refractivity contribution is -0.144. The van der Waals surface area contributed by atoms with E-state index in [1.165, 1.54) is 12.8 Å². The number of benzene rings is 1. The van der Waals surface area contributed by atoms with Crippen molar-refractivity contribution in [2.24, 2.45) is 0 Å². The molecule has 0 amide bonds. The lowest BCUT2D eigenvalue weighted by atomic mass is 10.0. The molecule has 2 heterocycles. The minimum atomic E-state index is -0.863. The maximum absolute atomic E-state index is 12.0. The third-order valence-corrected chi connectivity index (χ3v) is 5.87. The van der Waals surface area contributed by atoms with Crippen molar-refractivity contribution in [2.45, 2.75) is 24.9 Å². The van der Waals surface area contributed by atoms with E-state index < -0.39 is 12.0 Å². The summed E-state index contributed by atoms with van der Waals surface area (Å²) in [6.07, 6.45) is 2.39. The van der Waals surface area contributed by atoms with Gasteiger partial charge in [-0.2, -0.15) is 0 Å². The number of methoxy groups -OCH3 is 1. The number of halogens is 1. The average molecular weight is 382 g/mol. The van der Waals surface area contributed by atoms with Crippen molar-refractivity contribution >= 4 is 17.6 Å². The highest BCUT2D eigenvalue weighted by molar-refractivity contribution is 6.30. The smallest absolute Gasteiger partial charge is 0.325 e. The molecular weight excluding hydrogens is 354 g/mol. The third-order valence-electron chi connectivity index (χ3n) is 5.64. The van der Waals surface area contributed by atoms with Crippen LogP contribution in [0.4, 0.5) is 0 Å². The molecule has 1 aromatic rings. The predicted molar refractivity (Wildman–Crippen MR) is 102 cm³/mol. The Morgan fingerprint density at radius 2 is 1.85 bits per heavy atom. The summed E-state index contributed by atoms with van der Waals surface area (Å²) in [5, 5.41) is 10.4. The molecule has 0 spiro atoms. The highest BCUT2D eigenvalue weighted by Crippen LogP contribution is 2.33. The lowest BCUT2D eigenvalue weighted by Gasteiger charge is -2.43. The Kier molecular flexibility index (Phi) is 6.40. The van der Waals surface area contributed by atoms with Crippen LogP contribution in [0.3, 0.4) is 0 Å². The Morgan fingerprint density at radius 3 is 2.42 bits per heavy atom. The van der Waals surface area contributed by atoms with Crippen molar-refractivity contribution in [3.8, 4) is 5.75 Å². The molecule has 3 rings (SSSR count). The fraction of sp³-hybridized carbons (Fsp3) is 0.632. The van der Waals surface area contributed by atoms with Crippen LogP contribution in [-0.4, -0.2) is 85.2 Å². The van der Waals surface area contributed by atoms with Crippen LogP contribution in [0.5, 0.6) is 5.75 Å². The number of carboxylic acids is 1. The van der Waals surface area contributed by atoms with Gasteiger partial charge in [0.05, 0.1) is 7.11 Å². The highest BCUT2D eigenvalue weighted by Gasteiger charge is 2.34. The van der Waals surface area contributed by atoms with Crippen molar-refractivity contribution in [3.05, 3.63) is 28.8 Å². The van der Waals surface area contributed by atoms with Gasteiger partial charge in [-0.25, -0.2) is 0 Å². The third kappa shape index (κ3) is 4.31. The number of piperidine rings is 1. The van der Waals surface area contributed by atoms with Crippen molar-refractivity contribution in [1.29, 1.82) is 0 Å². The van der Waals surface area contributed by atoms with Gasteiger partial charge in [-0.15, -0.1) is 0 Å². The quantitative estimate of drug-likeness (QED) is 0.843. The summed E-state index contributed by atoms with van der Waals surface area (Å²) in [5.74, 6) is -0.294. The minimum absolute atomic E-state index is 0.525. The van der Waals surface area contributed by atoms with Crippen LogP contribution in [0.25, 0.3) is 0 Å². The Bertz CT molecular complexity index is 626. The summed E-state index contributed by atoms with van der Waals surface area (Å²) in [6.45, 7) is 5.56. The molecule has 144 valence electrons. The Balaban J connectivity index is 1.69. The van der Waals surface area contributed by atoms with Crippen LogP contribution in [0, 0.1) is 0 Å². The molecule has 0 aliphatic carbocycles. The van der Waals surface area contributed by atoms with E-state index in [1.54, 1.807) is 25.3 Å². The molecule has 1 aromatic carbocycles. The molecule has 1 atom stereocenters. The first-order valence-corrected chi connectivity index (χ1v) is 9.60. The number of likely N-dealkylation sites (tertiary alicyclic amines) is 1. The summed E-state index contributed by atoms with van der Waals surface area (Å²) in [4.78, 5) is 19.0. The van der Waals surface area contributed by atoms with Gasteiger partial charge < -0.3 is 14.7 Å². The molecule has 2 aliphatic heterocycles. The van der Waals surface area contributed by atoms with Gasteiger partial charge in [0.2, 0.25) is 0 Å². The van der Waals surface area contributed by atoms with E-state index in [4.69, 9.17) is 16.3 Å². The monoisotopic (exact) mass is 381 g/mol. The van der Waals surface area contributed by atoms with E-state index in [2.05, 4.69) is 16.8 Å². The van der Waals surface area contributed by atoms with E-state index in [0.29, 0.717) is 22.4 Å². The number of carbonyl (C=O) groups is 1. The fourth-order valence-electron chi connectivity index (χ4n) is 4.13. The van der Waals surface area contributed by atoms with E-state index in [0.717, 1.165) is 39.3 Å². The first kappa shape index (κ1) is 19.4. The number of piperazine rings is 1. The van der Waals surface area contributed by atoms with Crippen LogP contribution < -0.4 is 4.74 Å². The second kappa shape index (κ2) is 8.57. The number of rotatable bonds is 5. The van der Waals surface area contributed by atoms with Crippen LogP contribution in [-0.2, 0) is 4.79 Å². The fourth-order valence-corrected chi connectivity index (χ4v) is 4.31. The van der Waals surface area contributed by atoms with Crippen LogP contribution in [0.1, 0.15) is 24.4 Å². The molecule has 0 radical (unpaired) electrons. The number of ether oxygens (including phenoxy) is 1. The van der Waals surface area contributed by atoms with E-state index >= 15 is 0 Å². The second-order valence-electron chi connectivity index (χ2n) is 7.23. The van der Waals surface area contributed by atoms with E-state index in [9.17, 15) is 9.90 Å². The maximum atomic E-state index is 12.0. The van der Waals surface area contributed by atoms with Gasteiger partial charge in [0.25, 0.3) is 0 Å². The number of hydrogen-bond acceptors (Lipinski definition) is 5. The van der Waals surface area contributed by atoms with Gasteiger partial charge in [-0.05, 0) is 51.2 Å². The first-order chi connectivity index (χ1) is 12.5. The number of carboxylic acid groups (broad SMARTS) is 1. The number of nitrogens with zero attached hydrogens (tertiary/aromatic N) is 3. The largest absolute Gasteiger partial charge is 0.496 e. The first-order valence-electron chi connectivity index (χ1n) is 9.22. The lowest BCUT2D eigenvalue weighted by Crippen LogP contribution is -2.54. The van der Waals surface area contributed by atoms with Gasteiger partial charge in [0.15, 0.2) is 0 Å². The van der Waals surface area contributed by atoms with Crippen molar-refractivity contribution < 1.29 is 14.6 Å². The topological polar surface area (TPSA) is 56.3 Å². The standard InChI is InChI=1S/C19H28ClN3O3/c1-21-7-5-15(6-8-21)22-9-11-23(12-10-22)18(19(24)25)16-13-14(20)3-4-17(16)26-2/h3-4,13,15,18H,5-12H2,1-2H3,(H,24,25)/t18-/m0/s1. The Morgan fingerprint density at radius 1 is 1.19 bits per heavy atom. The predicted octanol–water partition coefficient (Wildman–Crippen LogP) is 2.19. The molecule has 6 nitrogen and oxygen atoms in total. The molecule has 0 aromatic heterocycles. The molecule has 1 N–H and O–H groups in total. The Labute approximate surface area is 160 Å². The zero-order chi connectivity index (χ0) is 18.7. The summed E-state index contributed by atoms with van der Waals surface area (Å²) < 4.78 is 5.38. The molecular formula is C19H28ClN3O3. The molecule has 26 heavy (non-hydrogen) atoms. The van der Waals surface area contributed by atoms with Crippen molar-refractivity contribution in [2.75, 3.05) is 53.4 Å². The Hall–Kier alpha value is -1.34. The van der Waals surface area contributed by atoms with Gasteiger partial charge in [0, 0.05) is 42.8 Å². The molecule has 0 bridgehead atoms. The molecule has 2 aliphatic rings. The van der Waals surface area contributed by atoms with Crippen LogP contribution in [0.15, 0.2) is 18.2 Å². The van der Waals surface area contributed by atoms with Crippen molar-refractivity contribution in [1.82, 2.24) is 14.7 Å². The molecule has 2 saturated heterocycles. The summed E-state index contributed by atoms with van der Waals surface area (Å²) in [6, 6.07) is 5.06. The van der Waals surface area contributed by atoms with E-state index in [-0.39, 0.29) is 0 Å². The number of aliphatic carboxylic acids is 1. The summed E-state index contributed by atoms with van der Waals surface area (Å²) in [5.41, 5.74) is 0.625. The van der Waals surface area contributed by atoms with Gasteiger partial charge in [-0.1, -0.05) is 11.6 Å². The summed E-state index contributed by atoms with van der Waals surface area (Å²) >= 11 is 6.12. The SMILES string of the molecule is COc1ccc(Cl)cc1[C@@H](C(=O)O)N1CCN(C2CCN(C)CC2)CC1. The normalized spacial score (nSPS) is 22.3. The molecule has 7 heteroatoms. The van der Waals surface area contributed by atoms with Gasteiger partial charge in [0.1, 0.15) is 11.8 Å². The van der Waals surface area contributed by atoms with Crippen LogP contribution in [0.2, 0.25) is 5.02 Å². The zero-order valence-corrected chi connectivity index (χ0v) is 16.3. The van der Waals surface area contributed by atoms with Crippen molar-refractivity contribution in [3.63, 3.8) is 0 Å². The second-order valence-corrected chi connectivity index (χ2v) is 7.67. The zero-order valence-electron chi connectivity index (χ0n) is 15.5. The number of hydrogen-bond donors (Lipinski definition) is 1. The molecule has 0 saturated carbocycles. The average Bonchev–Trinajstić information content (AvgIpc) is 2.63. The van der Waals surface area contributed by atoms with E-state index in [1.807, 2.05) is 4.90 Å². The molecule has 0 unspecified atom stereocenters. The molecule has 2 fully saturated rings. The van der Waals surface area contributed by atoms with Crippen LogP contribution >= 0.6 is 11.6 Å².